The van der Waals surface area contributed by atoms with E-state index in [9.17, 15) is 14.7 Å². The molecule has 1 amide bonds. The van der Waals surface area contributed by atoms with E-state index in [0.717, 1.165) is 19.3 Å². The van der Waals surface area contributed by atoms with Crippen LogP contribution in [-0.4, -0.2) is 44.3 Å². The van der Waals surface area contributed by atoms with Gasteiger partial charge in [0.2, 0.25) is 5.91 Å². The fraction of sp³-hybridized carbons (Fsp3) is 0.857. The number of carbonyl (C=O) groups excluding carboxylic acids is 2. The van der Waals surface area contributed by atoms with Gasteiger partial charge in [-0.1, -0.05) is 19.3 Å². The molecule has 2 N–H and O–H groups in total. The number of carboxylic acids is 1. The fourth-order valence-corrected chi connectivity index (χ4v) is 2.16. The highest BCUT2D eigenvalue weighted by molar-refractivity contribution is 7.80. The molecule has 0 aliphatic heterocycles. The Morgan fingerprint density at radius 3 is 2.15 bits per heavy atom. The van der Waals surface area contributed by atoms with Crippen molar-refractivity contribution in [2.24, 2.45) is 0 Å². The lowest BCUT2D eigenvalue weighted by atomic mass is 10.1. The van der Waals surface area contributed by atoms with Crippen LogP contribution in [0.4, 0.5) is 0 Å². The van der Waals surface area contributed by atoms with Gasteiger partial charge in [-0.3, -0.25) is 4.79 Å². The van der Waals surface area contributed by atoms with Crippen molar-refractivity contribution in [3.05, 3.63) is 0 Å². The van der Waals surface area contributed by atoms with E-state index in [-0.39, 0.29) is 11.7 Å². The van der Waals surface area contributed by atoms with Gasteiger partial charge >= 0.3 is 0 Å². The van der Waals surface area contributed by atoms with Crippen LogP contribution in [-0.2, 0) is 9.59 Å². The Bertz CT molecular complexity index is 286. The molecule has 118 valence electrons. The fourth-order valence-electron chi connectivity index (χ4n) is 1.92. The molecule has 0 heterocycles. The average Bonchev–Trinajstić information content (AvgIpc) is 2.38. The number of aliphatic carboxylic acids is 1. The number of nitrogens with one attached hydrogen (secondary N) is 2. The maximum atomic E-state index is 11.5. The van der Waals surface area contributed by atoms with Crippen LogP contribution in [0.2, 0.25) is 0 Å². The first kappa shape index (κ1) is 19.2. The Morgan fingerprint density at radius 2 is 1.65 bits per heavy atom. The van der Waals surface area contributed by atoms with Crippen LogP contribution in [0.15, 0.2) is 0 Å². The first-order valence-electron chi connectivity index (χ1n) is 7.37. The van der Waals surface area contributed by atoms with Crippen molar-refractivity contribution >= 4 is 24.5 Å². The predicted octanol–water partition coefficient (Wildman–Crippen LogP) is -0.974. The molecule has 6 heteroatoms. The van der Waals surface area contributed by atoms with E-state index >= 15 is 0 Å². The maximum Gasteiger partial charge on any atom is 0.220 e. The highest BCUT2D eigenvalue weighted by Gasteiger charge is 2.10. The Kier molecular flexibility index (Phi) is 11.6. The summed E-state index contributed by atoms with van der Waals surface area (Å²) in [4.78, 5) is 23.6. The summed E-state index contributed by atoms with van der Waals surface area (Å²) in [5, 5.41) is 13.0. The van der Waals surface area contributed by atoms with Crippen LogP contribution in [0.3, 0.4) is 0 Å². The molecule has 0 saturated carbocycles. The smallest absolute Gasteiger partial charge is 0.220 e. The average molecular weight is 304 g/mol. The molecule has 0 aliphatic rings. The van der Waals surface area contributed by atoms with Gasteiger partial charge in [0.1, 0.15) is 0 Å². The molecule has 0 bridgehead atoms. The second-order valence-electron chi connectivity index (χ2n) is 5.45. The number of carboxylic acid groups (broad SMARTS) is 1. The number of thiol groups is 1. The summed E-state index contributed by atoms with van der Waals surface area (Å²) in [6, 6.07) is -0.987. The minimum atomic E-state index is -1.28. The van der Waals surface area contributed by atoms with Crippen molar-refractivity contribution in [2.75, 3.05) is 26.4 Å². The van der Waals surface area contributed by atoms with Crippen molar-refractivity contribution in [1.82, 2.24) is 5.32 Å². The molecule has 0 fully saturated rings. The van der Waals surface area contributed by atoms with Gasteiger partial charge in [0.05, 0.1) is 32.7 Å². The minimum absolute atomic E-state index is 0.0575. The summed E-state index contributed by atoms with van der Waals surface area (Å²) < 4.78 is 0. The Morgan fingerprint density at radius 1 is 1.10 bits per heavy atom. The van der Waals surface area contributed by atoms with Crippen LogP contribution in [0.5, 0.6) is 0 Å². The van der Waals surface area contributed by atoms with Crippen LogP contribution in [0.25, 0.3) is 0 Å². The summed E-state index contributed by atoms with van der Waals surface area (Å²) in [5.41, 5.74) is 0. The number of carbonyl (C=O) groups is 2. The molecule has 5 nitrogen and oxygen atoms in total. The van der Waals surface area contributed by atoms with E-state index in [2.05, 4.69) is 32.0 Å². The number of hydrogen-bond acceptors (Lipinski definition) is 4. The van der Waals surface area contributed by atoms with Gasteiger partial charge in [-0.2, -0.15) is 12.6 Å². The first-order chi connectivity index (χ1) is 9.47. The van der Waals surface area contributed by atoms with E-state index in [1.165, 1.54) is 30.7 Å². The van der Waals surface area contributed by atoms with Gasteiger partial charge in [0.15, 0.2) is 0 Å². The van der Waals surface area contributed by atoms with E-state index < -0.39 is 12.0 Å². The second kappa shape index (κ2) is 12.0. The van der Waals surface area contributed by atoms with E-state index in [1.54, 1.807) is 0 Å². The predicted molar refractivity (Wildman–Crippen MR) is 80.8 cm³/mol. The highest BCUT2D eigenvalue weighted by atomic mass is 32.1. The summed E-state index contributed by atoms with van der Waals surface area (Å²) in [6.45, 7) is 1.21. The molecule has 0 radical (unpaired) electrons. The standard InChI is InChI=1S/C14H28N2O3S/c1-16(2)10-8-6-4-3-5-7-9-13(17)15-12(11-20)14(18)19/h12,20H,3-11H2,1-2H3,(H,15,17)(H,18,19). The van der Waals surface area contributed by atoms with Crippen molar-refractivity contribution < 1.29 is 19.6 Å². The Hall–Kier alpha value is -0.750. The van der Waals surface area contributed by atoms with Crippen molar-refractivity contribution in [3.63, 3.8) is 0 Å². The van der Waals surface area contributed by atoms with Crippen LogP contribution in [0.1, 0.15) is 44.9 Å². The molecular formula is C14H28N2O3S. The van der Waals surface area contributed by atoms with Crippen LogP contribution < -0.4 is 15.3 Å². The lowest BCUT2D eigenvalue weighted by Gasteiger charge is -2.17. The minimum Gasteiger partial charge on any atom is -0.548 e. The molecule has 0 rings (SSSR count). The van der Waals surface area contributed by atoms with Crippen molar-refractivity contribution in [2.45, 2.75) is 51.0 Å². The third kappa shape index (κ3) is 11.1. The third-order valence-corrected chi connectivity index (χ3v) is 3.50. The van der Waals surface area contributed by atoms with Gasteiger partial charge in [-0.15, -0.1) is 0 Å². The quantitative estimate of drug-likeness (QED) is 0.321. The van der Waals surface area contributed by atoms with Gasteiger partial charge in [-0.25, -0.2) is 0 Å². The molecular weight excluding hydrogens is 276 g/mol. The largest absolute Gasteiger partial charge is 0.548 e. The zero-order valence-electron chi connectivity index (χ0n) is 12.6. The number of rotatable bonds is 12. The molecule has 0 aliphatic carbocycles. The first-order valence-corrected chi connectivity index (χ1v) is 8.00. The third-order valence-electron chi connectivity index (χ3n) is 3.13. The van der Waals surface area contributed by atoms with E-state index in [0.29, 0.717) is 6.42 Å². The summed E-state index contributed by atoms with van der Waals surface area (Å²) in [7, 11) is 4.31. The summed E-state index contributed by atoms with van der Waals surface area (Å²) in [5.74, 6) is -1.46. The van der Waals surface area contributed by atoms with Gasteiger partial charge in [0, 0.05) is 12.2 Å². The summed E-state index contributed by atoms with van der Waals surface area (Å²) >= 11 is 3.86. The SMILES string of the molecule is C[NH+](C)CCCCCCCCC(=O)NC(CS)C(=O)[O-]. The lowest BCUT2D eigenvalue weighted by Crippen LogP contribution is -3.05. The topological polar surface area (TPSA) is 73.7 Å². The second-order valence-corrected chi connectivity index (χ2v) is 5.82. The summed E-state index contributed by atoms with van der Waals surface area (Å²) in [6.07, 6.45) is 7.01. The molecule has 0 aromatic heterocycles. The monoisotopic (exact) mass is 304 g/mol. The number of hydrogen-bond donors (Lipinski definition) is 3. The molecule has 0 aromatic rings. The molecule has 1 atom stereocenters. The van der Waals surface area contributed by atoms with Crippen molar-refractivity contribution in [1.29, 1.82) is 0 Å². The number of quaternary nitrogens is 1. The molecule has 20 heavy (non-hydrogen) atoms. The Labute approximate surface area is 127 Å². The van der Waals surface area contributed by atoms with E-state index in [4.69, 9.17) is 0 Å². The number of unbranched alkanes of at least 4 members (excludes halogenated alkanes) is 5. The van der Waals surface area contributed by atoms with E-state index in [1.807, 2.05) is 0 Å². The van der Waals surface area contributed by atoms with Crippen LogP contribution >= 0.6 is 12.6 Å². The van der Waals surface area contributed by atoms with Gasteiger partial charge in [0.25, 0.3) is 0 Å². The van der Waals surface area contributed by atoms with Crippen molar-refractivity contribution in [3.8, 4) is 0 Å². The van der Waals surface area contributed by atoms with Gasteiger partial charge < -0.3 is 20.1 Å². The lowest BCUT2D eigenvalue weighted by molar-refractivity contribution is -0.858. The molecule has 1 unspecified atom stereocenters. The molecule has 0 aromatic carbocycles. The zero-order valence-corrected chi connectivity index (χ0v) is 13.5. The molecule has 0 spiro atoms. The molecule has 0 saturated heterocycles. The zero-order chi connectivity index (χ0) is 15.4. The maximum absolute atomic E-state index is 11.5. The van der Waals surface area contributed by atoms with Crippen LogP contribution in [0, 0.1) is 0 Å². The Balaban J connectivity index is 3.46. The highest BCUT2D eigenvalue weighted by Crippen LogP contribution is 2.06. The van der Waals surface area contributed by atoms with Gasteiger partial charge in [-0.05, 0) is 19.3 Å². The number of amides is 1. The normalized spacial score (nSPS) is 12.4.